The van der Waals surface area contributed by atoms with Crippen LogP contribution in [0.4, 0.5) is 15.9 Å². The van der Waals surface area contributed by atoms with Gasteiger partial charge in [0, 0.05) is 16.9 Å². The molecule has 0 aliphatic heterocycles. The number of nitrogen functional groups attached to an aromatic ring is 1. The molecule has 4 N–H and O–H groups in total. The van der Waals surface area contributed by atoms with Crippen molar-refractivity contribution in [3.8, 4) is 34.4 Å². The van der Waals surface area contributed by atoms with E-state index in [9.17, 15) is 14.8 Å². The van der Waals surface area contributed by atoms with Crippen LogP contribution in [0.25, 0.3) is 27.4 Å². The molecule has 192 valence electrons. The molecule has 0 radical (unpaired) electrons. The van der Waals surface area contributed by atoms with E-state index >= 15 is 0 Å². The smallest absolute Gasteiger partial charge is 0.236 e. The Bertz CT molecular complexity index is 1550. The molecule has 4 rings (SSSR count). The number of aliphatic hydroxyl groups is 2. The number of oxazole rings is 1. The number of benzene rings is 2. The number of thioether (sulfide) groups is 1. The Hall–Kier alpha value is -4.13. The van der Waals surface area contributed by atoms with Crippen LogP contribution in [-0.2, 0) is 5.75 Å². The van der Waals surface area contributed by atoms with Gasteiger partial charge in [0.05, 0.1) is 29.5 Å². The van der Waals surface area contributed by atoms with Gasteiger partial charge in [-0.3, -0.25) is 0 Å². The van der Waals surface area contributed by atoms with E-state index in [0.29, 0.717) is 33.2 Å². The molecule has 2 heterocycles. The first kappa shape index (κ1) is 26.9. The van der Waals surface area contributed by atoms with Gasteiger partial charge in [-0.15, -0.1) is 0 Å². The van der Waals surface area contributed by atoms with E-state index in [-0.39, 0.29) is 40.3 Å². The minimum absolute atomic E-state index is 0.0234. The number of halogens is 2. The van der Waals surface area contributed by atoms with Gasteiger partial charge in [0.15, 0.2) is 0 Å². The van der Waals surface area contributed by atoms with Crippen molar-refractivity contribution in [3.63, 3.8) is 0 Å². The molecule has 0 saturated heterocycles. The number of nitrogens with zero attached hydrogens (tertiary/aromatic N) is 4. The fraction of sp³-hybridized carbons (Fsp3) is 0.154. The zero-order valence-corrected chi connectivity index (χ0v) is 21.1. The second kappa shape index (κ2) is 11.9. The molecule has 0 aliphatic carbocycles. The third-order valence-corrected chi connectivity index (χ3v) is 6.56. The van der Waals surface area contributed by atoms with E-state index in [1.165, 1.54) is 36.2 Å². The molecule has 0 aliphatic rings. The summed E-state index contributed by atoms with van der Waals surface area (Å²) in [4.78, 5) is 12.2. The molecule has 12 heteroatoms. The lowest BCUT2D eigenvalue weighted by molar-refractivity contribution is 0.0536. The van der Waals surface area contributed by atoms with E-state index in [1.54, 1.807) is 24.3 Å². The number of ether oxygens (including phenoxy) is 1. The Morgan fingerprint density at radius 3 is 2.63 bits per heavy atom. The van der Waals surface area contributed by atoms with Crippen molar-refractivity contribution in [2.75, 3.05) is 18.9 Å². The quantitative estimate of drug-likeness (QED) is 0.188. The largest absolute Gasteiger partial charge is 0.491 e. The van der Waals surface area contributed by atoms with Crippen LogP contribution in [0.2, 0.25) is 5.02 Å². The molecule has 2 aromatic heterocycles. The fourth-order valence-corrected chi connectivity index (χ4v) is 4.47. The van der Waals surface area contributed by atoms with Gasteiger partial charge in [-0.1, -0.05) is 35.5 Å². The Morgan fingerprint density at radius 1 is 1.24 bits per heavy atom. The maximum absolute atomic E-state index is 13.5. The third-order valence-electron chi connectivity index (χ3n) is 5.26. The molecule has 0 amide bonds. The highest BCUT2D eigenvalue weighted by atomic mass is 35.5. The van der Waals surface area contributed by atoms with Crippen LogP contribution < -0.4 is 10.5 Å². The molecular formula is C26H19ClFN5O4S. The Balaban J connectivity index is 1.60. The third kappa shape index (κ3) is 5.88. The Labute approximate surface area is 226 Å². The lowest BCUT2D eigenvalue weighted by atomic mass is 10.00. The zero-order valence-electron chi connectivity index (χ0n) is 19.6. The van der Waals surface area contributed by atoms with E-state index in [4.69, 9.17) is 38.2 Å². The van der Waals surface area contributed by atoms with Crippen molar-refractivity contribution in [2.24, 2.45) is 0 Å². The van der Waals surface area contributed by atoms with Gasteiger partial charge in [0.25, 0.3) is 0 Å². The molecule has 38 heavy (non-hydrogen) atoms. The average Bonchev–Trinajstić information content (AvgIpc) is 3.41. The number of hydrogen-bond acceptors (Lipinski definition) is 9. The minimum Gasteiger partial charge on any atom is -0.491 e. The number of aliphatic hydroxyl groups excluding tert-OH is 2. The highest BCUT2D eigenvalue weighted by Gasteiger charge is 2.21. The maximum Gasteiger partial charge on any atom is 0.236 e. The lowest BCUT2D eigenvalue weighted by Gasteiger charge is -2.14. The number of nitriles is 1. The zero-order chi connectivity index (χ0) is 27.2. The molecule has 0 bridgehead atoms. The number of pyridine rings is 1. The summed E-state index contributed by atoms with van der Waals surface area (Å²) in [7, 11) is 0. The van der Waals surface area contributed by atoms with Gasteiger partial charge in [0.1, 0.15) is 47.5 Å². The summed E-state index contributed by atoms with van der Waals surface area (Å²) in [6, 6.07) is 12.8. The molecule has 4 aromatic rings. The SMILES string of the molecule is [C-]#[N+]c1c(N)nc(SCc2coc(-c3ccc(F)c(Cl)c3)n2)c(C#N)c1-c1ccc(OC[C@@H](O)CO)cc1. The first-order chi connectivity index (χ1) is 18.3. The average molecular weight is 552 g/mol. The monoisotopic (exact) mass is 551 g/mol. The van der Waals surface area contributed by atoms with Gasteiger partial charge in [-0.2, -0.15) is 5.26 Å². The maximum atomic E-state index is 13.5. The molecular weight excluding hydrogens is 533 g/mol. The van der Waals surface area contributed by atoms with E-state index in [2.05, 4.69) is 20.9 Å². The number of nitrogens with two attached hydrogens (primary N) is 1. The fourth-order valence-electron chi connectivity index (χ4n) is 3.41. The van der Waals surface area contributed by atoms with Crippen molar-refractivity contribution in [3.05, 3.63) is 82.2 Å². The van der Waals surface area contributed by atoms with Crippen LogP contribution in [0.1, 0.15) is 11.3 Å². The van der Waals surface area contributed by atoms with Crippen molar-refractivity contribution < 1.29 is 23.8 Å². The van der Waals surface area contributed by atoms with E-state index in [1.807, 2.05) is 0 Å². The van der Waals surface area contributed by atoms with Crippen LogP contribution in [0.3, 0.4) is 0 Å². The first-order valence-electron chi connectivity index (χ1n) is 11.0. The van der Waals surface area contributed by atoms with Crippen molar-refractivity contribution in [1.29, 1.82) is 5.26 Å². The summed E-state index contributed by atoms with van der Waals surface area (Å²) in [5, 5.41) is 28.7. The van der Waals surface area contributed by atoms with Crippen LogP contribution in [-0.4, -0.2) is 39.5 Å². The number of rotatable bonds is 9. The Morgan fingerprint density at radius 2 is 1.97 bits per heavy atom. The molecule has 9 nitrogen and oxygen atoms in total. The van der Waals surface area contributed by atoms with Crippen molar-refractivity contribution >= 4 is 34.9 Å². The summed E-state index contributed by atoms with van der Waals surface area (Å²) >= 11 is 7.04. The second-order valence-corrected chi connectivity index (χ2v) is 9.23. The molecule has 0 fully saturated rings. The van der Waals surface area contributed by atoms with Crippen LogP contribution >= 0.6 is 23.4 Å². The number of anilines is 1. The molecule has 0 saturated carbocycles. The van der Waals surface area contributed by atoms with Gasteiger partial charge in [0.2, 0.25) is 11.6 Å². The normalized spacial score (nSPS) is 11.5. The van der Waals surface area contributed by atoms with E-state index < -0.39 is 18.5 Å². The standard InChI is InChI=1S/C26H19ClFN5O4S/c1-31-23-22(14-2-5-18(6-3-14)36-12-17(35)10-34)19(9-29)26(33-24(23)30)38-13-16-11-37-25(32-16)15-4-7-21(28)20(27)8-15/h2-8,11,17,34-35H,10,12-13H2,(H2,30,33)/t17-/m0/s1. The second-order valence-electron chi connectivity index (χ2n) is 7.86. The number of hydrogen-bond donors (Lipinski definition) is 3. The van der Waals surface area contributed by atoms with Gasteiger partial charge >= 0.3 is 0 Å². The minimum atomic E-state index is -1.01. The van der Waals surface area contributed by atoms with E-state index in [0.717, 1.165) is 0 Å². The predicted octanol–water partition coefficient (Wildman–Crippen LogP) is 5.23. The molecule has 0 unspecified atom stereocenters. The van der Waals surface area contributed by atoms with Crippen LogP contribution in [0.15, 0.2) is 58.2 Å². The van der Waals surface area contributed by atoms with Crippen molar-refractivity contribution in [1.82, 2.24) is 9.97 Å². The van der Waals surface area contributed by atoms with Gasteiger partial charge in [-0.25, -0.2) is 19.2 Å². The molecule has 0 spiro atoms. The first-order valence-corrected chi connectivity index (χ1v) is 12.4. The summed E-state index contributed by atoms with van der Waals surface area (Å²) in [5.74, 6) is 0.394. The topological polar surface area (TPSA) is 143 Å². The summed E-state index contributed by atoms with van der Waals surface area (Å²) in [5.41, 5.74) is 8.25. The number of aromatic nitrogens is 2. The summed E-state index contributed by atoms with van der Waals surface area (Å²) < 4.78 is 24.4. The van der Waals surface area contributed by atoms with Crippen LogP contribution in [0.5, 0.6) is 5.75 Å². The predicted molar refractivity (Wildman–Crippen MR) is 140 cm³/mol. The summed E-state index contributed by atoms with van der Waals surface area (Å²) in [6.45, 7) is 7.08. The molecule has 1 atom stereocenters. The summed E-state index contributed by atoms with van der Waals surface area (Å²) in [6.07, 6.45) is 0.429. The van der Waals surface area contributed by atoms with Crippen molar-refractivity contribution in [2.45, 2.75) is 16.9 Å². The Kier molecular flexibility index (Phi) is 8.46. The highest BCUT2D eigenvalue weighted by molar-refractivity contribution is 7.98. The van der Waals surface area contributed by atoms with Gasteiger partial charge in [-0.05, 0) is 35.9 Å². The van der Waals surface area contributed by atoms with Crippen LogP contribution in [0, 0.1) is 23.7 Å². The lowest BCUT2D eigenvalue weighted by Crippen LogP contribution is -2.21. The highest BCUT2D eigenvalue weighted by Crippen LogP contribution is 2.42. The molecule has 2 aromatic carbocycles. The van der Waals surface area contributed by atoms with Gasteiger partial charge < -0.3 is 25.1 Å².